The van der Waals surface area contributed by atoms with Crippen LogP contribution in [0.15, 0.2) is 24.3 Å². The molecule has 1 unspecified atom stereocenters. The van der Waals surface area contributed by atoms with Gasteiger partial charge in [-0.05, 0) is 24.3 Å². The second kappa shape index (κ2) is 5.13. The minimum absolute atomic E-state index is 0.113. The Balaban J connectivity index is 2.96. The van der Waals surface area contributed by atoms with E-state index < -0.39 is 0 Å². The topological polar surface area (TPSA) is 17.1 Å². The maximum atomic E-state index is 11.7. The van der Waals surface area contributed by atoms with Crippen molar-refractivity contribution in [2.24, 2.45) is 0 Å². The lowest BCUT2D eigenvalue weighted by atomic mass is 9.82. The second-order valence-corrected chi connectivity index (χ2v) is 6.17. The first-order valence-electron chi connectivity index (χ1n) is 5.67. The summed E-state index contributed by atoms with van der Waals surface area (Å²) in [7, 11) is 0. The first-order valence-corrected chi connectivity index (χ1v) is 6.59. The summed E-state index contributed by atoms with van der Waals surface area (Å²) in [5.41, 5.74) is 2.25. The number of rotatable bonds is 4. The van der Waals surface area contributed by atoms with Crippen LogP contribution in [0.4, 0.5) is 0 Å². The highest BCUT2D eigenvalue weighted by Gasteiger charge is 2.18. The first-order chi connectivity index (χ1) is 7.38. The molecule has 0 radical (unpaired) electrons. The Hall–Kier alpha value is -0.630. The van der Waals surface area contributed by atoms with Gasteiger partial charge in [0.15, 0.2) is 5.78 Å². The highest BCUT2D eigenvalue weighted by Crippen LogP contribution is 2.27. The lowest BCUT2D eigenvalue weighted by Gasteiger charge is -2.23. The number of carbonyl (C=O) groups excluding carboxylic acids is 1. The number of hydrogen-bond donors (Lipinski definition) is 0. The minimum Gasteiger partial charge on any atom is -0.293 e. The van der Waals surface area contributed by atoms with Gasteiger partial charge in [0.2, 0.25) is 0 Å². The SMILES string of the molecule is CCC(C)(C)c1ccc(C(=O)C(C)Br)cc1. The molecule has 88 valence electrons. The number of alkyl halides is 1. The van der Waals surface area contributed by atoms with Gasteiger partial charge in [-0.3, -0.25) is 4.79 Å². The highest BCUT2D eigenvalue weighted by molar-refractivity contribution is 9.10. The molecule has 0 spiro atoms. The van der Waals surface area contributed by atoms with Crippen LogP contribution in [-0.4, -0.2) is 10.6 Å². The number of Topliss-reactive ketones (excluding diaryl/α,β-unsaturated/α-hetero) is 1. The van der Waals surface area contributed by atoms with Gasteiger partial charge in [0, 0.05) is 5.56 Å². The molecule has 1 nitrogen and oxygen atoms in total. The fourth-order valence-corrected chi connectivity index (χ4v) is 1.78. The Labute approximate surface area is 106 Å². The van der Waals surface area contributed by atoms with E-state index in [2.05, 4.69) is 48.8 Å². The van der Waals surface area contributed by atoms with Crippen LogP contribution in [0.25, 0.3) is 0 Å². The summed E-state index contributed by atoms with van der Waals surface area (Å²) in [6.45, 7) is 8.47. The third-order valence-electron chi connectivity index (χ3n) is 3.20. The smallest absolute Gasteiger partial charge is 0.176 e. The number of carbonyl (C=O) groups is 1. The molecule has 0 aliphatic heterocycles. The molecule has 1 aromatic rings. The molecule has 1 atom stereocenters. The normalized spacial score (nSPS) is 13.6. The molecular weight excluding hydrogens is 264 g/mol. The Kier molecular flexibility index (Phi) is 4.31. The Morgan fingerprint density at radius 2 is 1.81 bits per heavy atom. The lowest BCUT2D eigenvalue weighted by molar-refractivity contribution is 0.0996. The third kappa shape index (κ3) is 2.94. The van der Waals surface area contributed by atoms with E-state index in [9.17, 15) is 4.79 Å². The molecule has 0 aromatic heterocycles. The van der Waals surface area contributed by atoms with E-state index in [0.29, 0.717) is 0 Å². The van der Waals surface area contributed by atoms with E-state index in [4.69, 9.17) is 0 Å². The van der Waals surface area contributed by atoms with Crippen molar-refractivity contribution < 1.29 is 4.79 Å². The zero-order valence-corrected chi connectivity index (χ0v) is 12.0. The van der Waals surface area contributed by atoms with Crippen LogP contribution in [0.1, 0.15) is 50.0 Å². The monoisotopic (exact) mass is 282 g/mol. The van der Waals surface area contributed by atoms with Crippen molar-refractivity contribution in [3.8, 4) is 0 Å². The van der Waals surface area contributed by atoms with E-state index in [1.54, 1.807) is 0 Å². The third-order valence-corrected chi connectivity index (χ3v) is 3.61. The van der Waals surface area contributed by atoms with E-state index in [0.717, 1.165) is 12.0 Å². The maximum absolute atomic E-state index is 11.7. The van der Waals surface area contributed by atoms with Gasteiger partial charge < -0.3 is 0 Å². The van der Waals surface area contributed by atoms with Gasteiger partial charge in [0.1, 0.15) is 0 Å². The van der Waals surface area contributed by atoms with Crippen LogP contribution in [-0.2, 0) is 5.41 Å². The summed E-state index contributed by atoms with van der Waals surface area (Å²) in [6.07, 6.45) is 1.09. The second-order valence-electron chi connectivity index (χ2n) is 4.80. The largest absolute Gasteiger partial charge is 0.293 e. The van der Waals surface area contributed by atoms with Crippen molar-refractivity contribution in [3.05, 3.63) is 35.4 Å². The van der Waals surface area contributed by atoms with Crippen LogP contribution in [0, 0.1) is 0 Å². The molecule has 0 aliphatic rings. The number of ketones is 1. The zero-order chi connectivity index (χ0) is 12.3. The van der Waals surface area contributed by atoms with Gasteiger partial charge in [-0.15, -0.1) is 0 Å². The molecule has 1 aromatic carbocycles. The van der Waals surface area contributed by atoms with Gasteiger partial charge in [0.25, 0.3) is 0 Å². The fourth-order valence-electron chi connectivity index (χ4n) is 1.52. The predicted molar refractivity (Wildman–Crippen MR) is 72.5 cm³/mol. The average molecular weight is 283 g/mol. The van der Waals surface area contributed by atoms with Crippen molar-refractivity contribution in [1.82, 2.24) is 0 Å². The van der Waals surface area contributed by atoms with E-state index in [1.807, 2.05) is 19.1 Å². The molecule has 0 saturated heterocycles. The predicted octanol–water partition coefficient (Wildman–Crippen LogP) is 4.34. The molecule has 0 saturated carbocycles. The average Bonchev–Trinajstić information content (AvgIpc) is 2.28. The van der Waals surface area contributed by atoms with E-state index in [-0.39, 0.29) is 16.0 Å². The zero-order valence-electron chi connectivity index (χ0n) is 10.4. The molecule has 0 heterocycles. The van der Waals surface area contributed by atoms with Crippen LogP contribution in [0.3, 0.4) is 0 Å². The Morgan fingerprint density at radius 1 is 1.31 bits per heavy atom. The molecule has 2 heteroatoms. The summed E-state index contributed by atoms with van der Waals surface area (Å²) in [4.78, 5) is 11.6. The van der Waals surface area contributed by atoms with Crippen molar-refractivity contribution in [2.75, 3.05) is 0 Å². The van der Waals surface area contributed by atoms with E-state index in [1.165, 1.54) is 5.56 Å². The molecule has 0 N–H and O–H groups in total. The van der Waals surface area contributed by atoms with Gasteiger partial charge >= 0.3 is 0 Å². The van der Waals surface area contributed by atoms with Crippen LogP contribution in [0.5, 0.6) is 0 Å². The maximum Gasteiger partial charge on any atom is 0.176 e. The van der Waals surface area contributed by atoms with Crippen molar-refractivity contribution in [2.45, 2.75) is 44.4 Å². The number of halogens is 1. The van der Waals surface area contributed by atoms with Gasteiger partial charge in [-0.2, -0.15) is 0 Å². The summed E-state index contributed by atoms with van der Waals surface area (Å²) >= 11 is 3.30. The molecule has 1 rings (SSSR count). The van der Waals surface area contributed by atoms with Crippen molar-refractivity contribution in [3.63, 3.8) is 0 Å². The molecule has 0 amide bonds. The van der Waals surface area contributed by atoms with Crippen molar-refractivity contribution >= 4 is 21.7 Å². The Bertz CT molecular complexity index is 363. The van der Waals surface area contributed by atoms with Crippen molar-refractivity contribution in [1.29, 1.82) is 0 Å². The van der Waals surface area contributed by atoms with Gasteiger partial charge in [-0.1, -0.05) is 61.0 Å². The van der Waals surface area contributed by atoms with Gasteiger partial charge in [-0.25, -0.2) is 0 Å². The first kappa shape index (κ1) is 13.4. The van der Waals surface area contributed by atoms with Crippen LogP contribution in [0.2, 0.25) is 0 Å². The minimum atomic E-state index is -0.113. The van der Waals surface area contributed by atoms with E-state index >= 15 is 0 Å². The summed E-state index contributed by atoms with van der Waals surface area (Å²) in [6, 6.07) is 7.97. The molecule has 0 aliphatic carbocycles. The Morgan fingerprint density at radius 3 is 2.19 bits per heavy atom. The number of benzene rings is 1. The molecule has 0 bridgehead atoms. The number of hydrogen-bond acceptors (Lipinski definition) is 1. The van der Waals surface area contributed by atoms with Gasteiger partial charge in [0.05, 0.1) is 4.83 Å². The van der Waals surface area contributed by atoms with Crippen LogP contribution >= 0.6 is 15.9 Å². The summed E-state index contributed by atoms with van der Waals surface area (Å²) in [5.74, 6) is 0.140. The highest BCUT2D eigenvalue weighted by atomic mass is 79.9. The standard InChI is InChI=1S/C14H19BrO/c1-5-14(3,4)12-8-6-11(7-9-12)13(16)10(2)15/h6-10H,5H2,1-4H3. The van der Waals surface area contributed by atoms with Crippen LogP contribution < -0.4 is 0 Å². The lowest BCUT2D eigenvalue weighted by Crippen LogP contribution is -2.16. The summed E-state index contributed by atoms with van der Waals surface area (Å²) < 4.78 is 0. The summed E-state index contributed by atoms with van der Waals surface area (Å²) in [5, 5.41) is 0. The fraction of sp³-hybridized carbons (Fsp3) is 0.500. The molecule has 16 heavy (non-hydrogen) atoms. The quantitative estimate of drug-likeness (QED) is 0.593. The molecule has 0 fully saturated rings. The molecular formula is C14H19BrO.